The van der Waals surface area contributed by atoms with Gasteiger partial charge in [0, 0.05) is 25.8 Å². The summed E-state index contributed by atoms with van der Waals surface area (Å²) in [5.41, 5.74) is 4.08. The lowest BCUT2D eigenvalue weighted by atomic mass is 10.1. The third kappa shape index (κ3) is 8.55. The van der Waals surface area contributed by atoms with Crippen molar-refractivity contribution in [1.82, 2.24) is 4.90 Å². The van der Waals surface area contributed by atoms with Gasteiger partial charge in [-0.3, -0.25) is 9.59 Å². The third-order valence-corrected chi connectivity index (χ3v) is 2.74. The van der Waals surface area contributed by atoms with Crippen molar-refractivity contribution in [3.63, 3.8) is 0 Å². The minimum absolute atomic E-state index is 0.0425. The van der Waals surface area contributed by atoms with E-state index < -0.39 is 5.60 Å². The first-order valence-electron chi connectivity index (χ1n) is 5.05. The van der Waals surface area contributed by atoms with Crippen LogP contribution in [0.2, 0.25) is 0 Å². The zero-order valence-corrected chi connectivity index (χ0v) is 10.8. The van der Waals surface area contributed by atoms with Gasteiger partial charge in [0.15, 0.2) is 0 Å². The Labute approximate surface area is 100 Å². The number of nitrogens with two attached hydrogens (primary N) is 1. The molecule has 0 aliphatic heterocycles. The van der Waals surface area contributed by atoms with Gasteiger partial charge in [0.25, 0.3) is 0 Å². The summed E-state index contributed by atoms with van der Waals surface area (Å²) in [7, 11) is 1.65. The fourth-order valence-corrected chi connectivity index (χ4v) is 1.86. The zero-order valence-electron chi connectivity index (χ0n) is 10.0. The quantitative estimate of drug-likeness (QED) is 0.612. The molecular formula is C10H20N2O3S. The second-order valence-corrected chi connectivity index (χ2v) is 5.44. The van der Waals surface area contributed by atoms with Crippen LogP contribution in [0.4, 0.5) is 0 Å². The van der Waals surface area contributed by atoms with E-state index in [2.05, 4.69) is 0 Å². The molecular weight excluding hydrogens is 228 g/mol. The number of likely N-dealkylation sites (N-methyl/N-ethyl adjacent to an activating group) is 1. The van der Waals surface area contributed by atoms with E-state index in [0.29, 0.717) is 18.7 Å². The Kier molecular flexibility index (Phi) is 6.43. The molecule has 0 aliphatic rings. The maximum Gasteiger partial charge on any atom is 0.227 e. The smallest absolute Gasteiger partial charge is 0.227 e. The van der Waals surface area contributed by atoms with Gasteiger partial charge in [0.05, 0.1) is 11.4 Å². The van der Waals surface area contributed by atoms with Crippen molar-refractivity contribution in [2.75, 3.05) is 25.1 Å². The lowest BCUT2D eigenvalue weighted by molar-refractivity contribution is -0.132. The Morgan fingerprint density at radius 3 is 2.44 bits per heavy atom. The average molecular weight is 248 g/mol. The number of rotatable bonds is 7. The third-order valence-electron chi connectivity index (χ3n) is 1.75. The molecule has 0 saturated heterocycles. The molecule has 6 heteroatoms. The first kappa shape index (κ1) is 15.2. The monoisotopic (exact) mass is 248 g/mol. The maximum atomic E-state index is 11.6. The molecule has 2 amide bonds. The molecule has 0 heterocycles. The highest BCUT2D eigenvalue weighted by Crippen LogP contribution is 2.07. The number of primary amides is 1. The van der Waals surface area contributed by atoms with Gasteiger partial charge in [-0.1, -0.05) is 0 Å². The van der Waals surface area contributed by atoms with Crippen LogP contribution in [-0.4, -0.2) is 52.5 Å². The van der Waals surface area contributed by atoms with Gasteiger partial charge in [0.2, 0.25) is 11.8 Å². The average Bonchev–Trinajstić information content (AvgIpc) is 2.08. The van der Waals surface area contributed by atoms with Gasteiger partial charge in [-0.05, 0) is 13.8 Å². The van der Waals surface area contributed by atoms with Gasteiger partial charge in [0.1, 0.15) is 0 Å². The summed E-state index contributed by atoms with van der Waals surface area (Å²) in [6, 6.07) is 0. The van der Waals surface area contributed by atoms with E-state index in [1.807, 2.05) is 0 Å². The van der Waals surface area contributed by atoms with E-state index in [1.54, 1.807) is 20.9 Å². The molecule has 0 aromatic heterocycles. The predicted octanol–water partition coefficient (Wildman–Crippen LogP) is -0.176. The highest BCUT2D eigenvalue weighted by molar-refractivity contribution is 7.99. The summed E-state index contributed by atoms with van der Waals surface area (Å²) in [4.78, 5) is 23.5. The van der Waals surface area contributed by atoms with Crippen LogP contribution in [0.1, 0.15) is 20.3 Å². The lowest BCUT2D eigenvalue weighted by Gasteiger charge is -2.25. The van der Waals surface area contributed by atoms with Crippen molar-refractivity contribution < 1.29 is 14.7 Å². The molecule has 3 N–H and O–H groups in total. The minimum Gasteiger partial charge on any atom is -0.389 e. The SMILES string of the molecule is CN(CC(C)(C)O)C(=O)CCSCC(N)=O. The summed E-state index contributed by atoms with van der Waals surface area (Å²) in [6.45, 7) is 3.60. The largest absolute Gasteiger partial charge is 0.389 e. The van der Waals surface area contributed by atoms with E-state index in [0.717, 1.165) is 0 Å². The van der Waals surface area contributed by atoms with Crippen LogP contribution in [-0.2, 0) is 9.59 Å². The van der Waals surface area contributed by atoms with Crippen molar-refractivity contribution in [2.45, 2.75) is 25.9 Å². The molecule has 0 saturated carbocycles. The molecule has 0 atom stereocenters. The summed E-state index contributed by atoms with van der Waals surface area (Å²) in [5.74, 6) is 0.391. The van der Waals surface area contributed by atoms with Crippen LogP contribution in [0.15, 0.2) is 0 Å². The molecule has 0 aliphatic carbocycles. The topological polar surface area (TPSA) is 83.6 Å². The van der Waals surface area contributed by atoms with E-state index >= 15 is 0 Å². The van der Waals surface area contributed by atoms with Crippen molar-refractivity contribution in [3.05, 3.63) is 0 Å². The van der Waals surface area contributed by atoms with Crippen LogP contribution in [0.5, 0.6) is 0 Å². The molecule has 5 nitrogen and oxygen atoms in total. The molecule has 0 radical (unpaired) electrons. The van der Waals surface area contributed by atoms with Crippen LogP contribution in [0, 0.1) is 0 Å². The number of carbonyl (C=O) groups excluding carboxylic acids is 2. The zero-order chi connectivity index (χ0) is 12.8. The predicted molar refractivity (Wildman–Crippen MR) is 65.1 cm³/mol. The number of hydrogen-bond donors (Lipinski definition) is 2. The van der Waals surface area contributed by atoms with Gasteiger partial charge in [-0.15, -0.1) is 0 Å². The normalized spacial score (nSPS) is 11.2. The van der Waals surface area contributed by atoms with E-state index in [-0.39, 0.29) is 17.6 Å². The maximum absolute atomic E-state index is 11.6. The highest BCUT2D eigenvalue weighted by atomic mass is 32.2. The van der Waals surface area contributed by atoms with Gasteiger partial charge in [-0.25, -0.2) is 0 Å². The van der Waals surface area contributed by atoms with Gasteiger partial charge in [-0.2, -0.15) is 11.8 Å². The number of hydrogen-bond acceptors (Lipinski definition) is 4. The Morgan fingerprint density at radius 2 is 2.00 bits per heavy atom. The second kappa shape index (κ2) is 6.75. The molecule has 0 unspecified atom stereocenters. The minimum atomic E-state index is -0.884. The Morgan fingerprint density at radius 1 is 1.44 bits per heavy atom. The van der Waals surface area contributed by atoms with Crippen LogP contribution in [0.3, 0.4) is 0 Å². The molecule has 0 aromatic carbocycles. The number of nitrogens with zero attached hydrogens (tertiary/aromatic N) is 1. The van der Waals surface area contributed by atoms with Crippen LogP contribution < -0.4 is 5.73 Å². The number of thioether (sulfide) groups is 1. The number of carbonyl (C=O) groups is 2. The molecule has 0 spiro atoms. The fraction of sp³-hybridized carbons (Fsp3) is 0.800. The van der Waals surface area contributed by atoms with Crippen molar-refractivity contribution in [3.8, 4) is 0 Å². The molecule has 0 rings (SSSR count). The summed E-state index contributed by atoms with van der Waals surface area (Å²) in [6.07, 6.45) is 0.352. The first-order chi connectivity index (χ1) is 7.22. The van der Waals surface area contributed by atoms with Gasteiger partial charge >= 0.3 is 0 Å². The lowest BCUT2D eigenvalue weighted by Crippen LogP contribution is -2.39. The van der Waals surface area contributed by atoms with Gasteiger partial charge < -0.3 is 15.7 Å². The van der Waals surface area contributed by atoms with Crippen molar-refractivity contribution >= 4 is 23.6 Å². The van der Waals surface area contributed by atoms with E-state index in [1.165, 1.54) is 16.7 Å². The van der Waals surface area contributed by atoms with E-state index in [4.69, 9.17) is 5.73 Å². The highest BCUT2D eigenvalue weighted by Gasteiger charge is 2.18. The second-order valence-electron chi connectivity index (χ2n) is 4.33. The Hall–Kier alpha value is -0.750. The number of amides is 2. The number of aliphatic hydroxyl groups is 1. The van der Waals surface area contributed by atoms with Crippen molar-refractivity contribution in [1.29, 1.82) is 0 Å². The first-order valence-corrected chi connectivity index (χ1v) is 6.20. The van der Waals surface area contributed by atoms with Crippen LogP contribution in [0.25, 0.3) is 0 Å². The molecule has 16 heavy (non-hydrogen) atoms. The fourth-order valence-electron chi connectivity index (χ4n) is 1.19. The molecule has 0 fully saturated rings. The van der Waals surface area contributed by atoms with Crippen LogP contribution >= 0.6 is 11.8 Å². The molecule has 94 valence electrons. The molecule has 0 bridgehead atoms. The summed E-state index contributed by atoms with van der Waals surface area (Å²) >= 11 is 1.34. The standard InChI is InChI=1S/C10H20N2O3S/c1-10(2,15)7-12(3)9(14)4-5-16-6-8(11)13/h15H,4-7H2,1-3H3,(H2,11,13). The van der Waals surface area contributed by atoms with Crippen molar-refractivity contribution in [2.24, 2.45) is 5.73 Å². The summed E-state index contributed by atoms with van der Waals surface area (Å²) in [5, 5.41) is 9.52. The Bertz CT molecular complexity index is 251. The summed E-state index contributed by atoms with van der Waals surface area (Å²) < 4.78 is 0. The Balaban J connectivity index is 3.76. The van der Waals surface area contributed by atoms with E-state index in [9.17, 15) is 14.7 Å². The molecule has 0 aromatic rings.